The lowest BCUT2D eigenvalue weighted by Gasteiger charge is -2.13. The number of nitrogens with one attached hydrogen (secondary N) is 1. The Hall–Kier alpha value is -1.55. The van der Waals surface area contributed by atoms with Gasteiger partial charge in [0.2, 0.25) is 0 Å². The first-order chi connectivity index (χ1) is 8.65. The normalized spacial score (nSPS) is 11.9. The van der Waals surface area contributed by atoms with Crippen LogP contribution in [0.3, 0.4) is 0 Å². The molecule has 4 nitrogen and oxygen atoms in total. The molecule has 1 rings (SSSR count). The molecular formula is C14H21NO3. The van der Waals surface area contributed by atoms with Crippen LogP contribution >= 0.6 is 0 Å². The Morgan fingerprint density at radius 2 is 2.00 bits per heavy atom. The van der Waals surface area contributed by atoms with Crippen molar-refractivity contribution in [3.05, 3.63) is 29.8 Å². The van der Waals surface area contributed by atoms with Gasteiger partial charge in [0, 0.05) is 13.2 Å². The van der Waals surface area contributed by atoms with Crippen LogP contribution in [0.25, 0.3) is 0 Å². The zero-order valence-electron chi connectivity index (χ0n) is 11.2. The summed E-state index contributed by atoms with van der Waals surface area (Å²) in [5.74, 6) is 0.570. The van der Waals surface area contributed by atoms with Gasteiger partial charge in [0.25, 0.3) is 5.91 Å². The second-order valence-corrected chi connectivity index (χ2v) is 4.21. The topological polar surface area (TPSA) is 47.6 Å². The highest BCUT2D eigenvalue weighted by Crippen LogP contribution is 2.12. The standard InChI is InChI=1S/C14H21NO3/c1-4-12-5-7-13(8-6-12)18-10-14(16)15-11(2)9-17-3/h5-8,11H,4,9-10H2,1-3H3,(H,15,16). The van der Waals surface area contributed by atoms with Crippen molar-refractivity contribution in [3.63, 3.8) is 0 Å². The molecule has 0 heterocycles. The highest BCUT2D eigenvalue weighted by Gasteiger charge is 2.07. The van der Waals surface area contributed by atoms with E-state index in [4.69, 9.17) is 9.47 Å². The Morgan fingerprint density at radius 1 is 1.33 bits per heavy atom. The number of carbonyl (C=O) groups is 1. The SMILES string of the molecule is CCc1ccc(OCC(=O)NC(C)COC)cc1. The molecule has 0 saturated carbocycles. The number of benzene rings is 1. The van der Waals surface area contributed by atoms with Crippen molar-refractivity contribution in [2.24, 2.45) is 0 Å². The van der Waals surface area contributed by atoms with Gasteiger partial charge in [-0.15, -0.1) is 0 Å². The summed E-state index contributed by atoms with van der Waals surface area (Å²) in [7, 11) is 1.61. The van der Waals surface area contributed by atoms with Crippen LogP contribution in [0, 0.1) is 0 Å². The van der Waals surface area contributed by atoms with E-state index in [1.54, 1.807) is 7.11 Å². The highest BCUT2D eigenvalue weighted by molar-refractivity contribution is 5.77. The van der Waals surface area contributed by atoms with Crippen molar-refractivity contribution >= 4 is 5.91 Å². The average molecular weight is 251 g/mol. The van der Waals surface area contributed by atoms with Crippen molar-refractivity contribution in [2.45, 2.75) is 26.3 Å². The molecule has 0 spiro atoms. The largest absolute Gasteiger partial charge is 0.484 e. The number of rotatable bonds is 7. The fourth-order valence-corrected chi connectivity index (χ4v) is 1.58. The summed E-state index contributed by atoms with van der Waals surface area (Å²) in [5.41, 5.74) is 1.25. The number of hydrogen-bond acceptors (Lipinski definition) is 3. The Kier molecular flexibility index (Phi) is 6.22. The molecule has 0 radical (unpaired) electrons. The van der Waals surface area contributed by atoms with Gasteiger partial charge in [-0.05, 0) is 31.0 Å². The summed E-state index contributed by atoms with van der Waals surface area (Å²) >= 11 is 0. The molecule has 100 valence electrons. The first-order valence-corrected chi connectivity index (χ1v) is 6.15. The van der Waals surface area contributed by atoms with Crippen molar-refractivity contribution in [1.29, 1.82) is 0 Å². The van der Waals surface area contributed by atoms with Crippen LogP contribution in [0.4, 0.5) is 0 Å². The Bertz CT molecular complexity index is 362. The lowest BCUT2D eigenvalue weighted by molar-refractivity contribution is -0.124. The first-order valence-electron chi connectivity index (χ1n) is 6.15. The van der Waals surface area contributed by atoms with Gasteiger partial charge in [-0.3, -0.25) is 4.79 Å². The number of amides is 1. The van der Waals surface area contributed by atoms with E-state index in [1.165, 1.54) is 5.56 Å². The Balaban J connectivity index is 2.33. The molecule has 0 bridgehead atoms. The molecule has 4 heteroatoms. The molecule has 1 atom stereocenters. The third-order valence-corrected chi connectivity index (χ3v) is 2.53. The number of aryl methyl sites for hydroxylation is 1. The summed E-state index contributed by atoms with van der Waals surface area (Å²) in [4.78, 5) is 11.5. The van der Waals surface area contributed by atoms with Gasteiger partial charge in [0.15, 0.2) is 6.61 Å². The quantitative estimate of drug-likeness (QED) is 0.803. The second kappa shape index (κ2) is 7.71. The van der Waals surface area contributed by atoms with E-state index >= 15 is 0 Å². The van der Waals surface area contributed by atoms with Gasteiger partial charge >= 0.3 is 0 Å². The molecule has 0 aromatic heterocycles. The fraction of sp³-hybridized carbons (Fsp3) is 0.500. The van der Waals surface area contributed by atoms with E-state index in [1.807, 2.05) is 31.2 Å². The predicted octanol–water partition coefficient (Wildman–Crippen LogP) is 1.78. The molecule has 1 unspecified atom stereocenters. The van der Waals surface area contributed by atoms with Gasteiger partial charge in [-0.1, -0.05) is 19.1 Å². The van der Waals surface area contributed by atoms with Gasteiger partial charge in [0.1, 0.15) is 5.75 Å². The molecule has 0 aliphatic rings. The maximum absolute atomic E-state index is 11.5. The molecular weight excluding hydrogens is 230 g/mol. The van der Waals surface area contributed by atoms with Crippen LogP contribution in [-0.2, 0) is 16.0 Å². The maximum atomic E-state index is 11.5. The zero-order chi connectivity index (χ0) is 13.4. The maximum Gasteiger partial charge on any atom is 0.258 e. The summed E-state index contributed by atoms with van der Waals surface area (Å²) in [5, 5.41) is 2.78. The Labute approximate surface area is 108 Å². The van der Waals surface area contributed by atoms with E-state index in [9.17, 15) is 4.79 Å². The number of hydrogen-bond donors (Lipinski definition) is 1. The van der Waals surface area contributed by atoms with Crippen LogP contribution in [-0.4, -0.2) is 32.3 Å². The molecule has 1 aromatic carbocycles. The van der Waals surface area contributed by atoms with Gasteiger partial charge in [-0.25, -0.2) is 0 Å². The number of methoxy groups -OCH3 is 1. The molecule has 0 aliphatic carbocycles. The smallest absolute Gasteiger partial charge is 0.258 e. The van der Waals surface area contributed by atoms with Gasteiger partial charge < -0.3 is 14.8 Å². The molecule has 0 fully saturated rings. The minimum Gasteiger partial charge on any atom is -0.484 e. The summed E-state index contributed by atoms with van der Waals surface area (Å²) < 4.78 is 10.3. The van der Waals surface area contributed by atoms with Crippen LogP contribution < -0.4 is 10.1 Å². The summed E-state index contributed by atoms with van der Waals surface area (Å²) in [6, 6.07) is 7.75. The highest BCUT2D eigenvalue weighted by atomic mass is 16.5. The monoisotopic (exact) mass is 251 g/mol. The van der Waals surface area contributed by atoms with Gasteiger partial charge in [-0.2, -0.15) is 0 Å². The molecule has 0 saturated heterocycles. The minimum absolute atomic E-state index is 0.00596. The number of carbonyl (C=O) groups excluding carboxylic acids is 1. The van der Waals surface area contributed by atoms with Crippen molar-refractivity contribution in [2.75, 3.05) is 20.3 Å². The zero-order valence-corrected chi connectivity index (χ0v) is 11.2. The average Bonchev–Trinajstić information content (AvgIpc) is 2.37. The summed E-state index contributed by atoms with van der Waals surface area (Å²) in [6.07, 6.45) is 0.995. The molecule has 18 heavy (non-hydrogen) atoms. The van der Waals surface area contributed by atoms with Crippen molar-refractivity contribution in [3.8, 4) is 5.75 Å². The molecule has 1 aromatic rings. The van der Waals surface area contributed by atoms with Crippen LogP contribution in [0.2, 0.25) is 0 Å². The van der Waals surface area contributed by atoms with E-state index in [2.05, 4.69) is 12.2 Å². The van der Waals surface area contributed by atoms with E-state index < -0.39 is 0 Å². The van der Waals surface area contributed by atoms with Crippen molar-refractivity contribution in [1.82, 2.24) is 5.32 Å². The minimum atomic E-state index is -0.140. The van der Waals surface area contributed by atoms with Crippen LogP contribution in [0.15, 0.2) is 24.3 Å². The fourth-order valence-electron chi connectivity index (χ4n) is 1.58. The lowest BCUT2D eigenvalue weighted by Crippen LogP contribution is -2.38. The second-order valence-electron chi connectivity index (χ2n) is 4.21. The van der Waals surface area contributed by atoms with Gasteiger partial charge in [0.05, 0.1) is 6.61 Å². The molecule has 1 amide bonds. The molecule has 0 aliphatic heterocycles. The van der Waals surface area contributed by atoms with E-state index in [-0.39, 0.29) is 18.6 Å². The number of ether oxygens (including phenoxy) is 2. The molecule has 1 N–H and O–H groups in total. The van der Waals surface area contributed by atoms with E-state index in [0.717, 1.165) is 6.42 Å². The van der Waals surface area contributed by atoms with E-state index in [0.29, 0.717) is 12.4 Å². The van der Waals surface area contributed by atoms with Crippen molar-refractivity contribution < 1.29 is 14.3 Å². The predicted molar refractivity (Wildman–Crippen MR) is 70.8 cm³/mol. The lowest BCUT2D eigenvalue weighted by atomic mass is 10.2. The van der Waals surface area contributed by atoms with Crippen LogP contribution in [0.1, 0.15) is 19.4 Å². The van der Waals surface area contributed by atoms with Crippen LogP contribution in [0.5, 0.6) is 5.75 Å². The third kappa shape index (κ3) is 5.19. The summed E-state index contributed by atoms with van der Waals surface area (Å²) in [6.45, 7) is 4.51. The third-order valence-electron chi connectivity index (χ3n) is 2.53. The first kappa shape index (κ1) is 14.5. The Morgan fingerprint density at radius 3 is 2.56 bits per heavy atom.